The molecule has 0 bridgehead atoms. The number of ketones is 1. The Kier molecular flexibility index (Phi) is 9.62. The van der Waals surface area contributed by atoms with Crippen LogP contribution in [0.3, 0.4) is 0 Å². The van der Waals surface area contributed by atoms with Crippen molar-refractivity contribution in [1.82, 2.24) is 14.7 Å². The number of aromatic nitrogens is 3. The molecule has 0 spiro atoms. The molecule has 9 heteroatoms. The largest absolute Gasteiger partial charge is 0.372 e. The summed E-state index contributed by atoms with van der Waals surface area (Å²) in [6.45, 7) is 14.0. The molecular formula is C27H38N4O4S. The zero-order chi connectivity index (χ0) is 26.3. The molecule has 1 N–H and O–H groups in total. The zero-order valence-electron chi connectivity index (χ0n) is 22.3. The SMILES string of the molecule is CC(=O)c1cnc2n1CCOC2.CCCCCc1c(C(=O)Nc2cc(C(C)(C)C)no2)csc1CC. The van der Waals surface area contributed by atoms with Gasteiger partial charge in [-0.3, -0.25) is 14.9 Å². The number of imidazole rings is 1. The van der Waals surface area contributed by atoms with Crippen molar-refractivity contribution in [2.75, 3.05) is 11.9 Å². The fraction of sp³-hybridized carbons (Fsp3) is 0.556. The van der Waals surface area contributed by atoms with Crippen molar-refractivity contribution in [3.63, 3.8) is 0 Å². The molecule has 1 aliphatic rings. The Morgan fingerprint density at radius 3 is 2.64 bits per heavy atom. The number of thiophene rings is 1. The molecule has 3 aromatic rings. The summed E-state index contributed by atoms with van der Waals surface area (Å²) in [7, 11) is 0. The minimum atomic E-state index is -0.103. The Hall–Kier alpha value is -2.78. The number of carbonyl (C=O) groups is 2. The number of unbranched alkanes of at least 4 members (excludes halogenated alkanes) is 2. The zero-order valence-corrected chi connectivity index (χ0v) is 23.1. The van der Waals surface area contributed by atoms with Gasteiger partial charge < -0.3 is 13.8 Å². The summed E-state index contributed by atoms with van der Waals surface area (Å²) >= 11 is 1.68. The first kappa shape index (κ1) is 27.8. The first-order valence-corrected chi connectivity index (χ1v) is 13.5. The molecule has 0 atom stereocenters. The average molecular weight is 515 g/mol. The number of fused-ring (bicyclic) bond motifs is 1. The topological polar surface area (TPSA) is 99.2 Å². The van der Waals surface area contributed by atoms with Gasteiger partial charge in [-0.05, 0) is 24.8 Å². The molecule has 0 unspecified atom stereocenters. The van der Waals surface area contributed by atoms with Crippen molar-refractivity contribution >= 4 is 28.9 Å². The van der Waals surface area contributed by atoms with E-state index in [1.54, 1.807) is 24.5 Å². The Balaban J connectivity index is 0.000000249. The standard InChI is InChI=1S/C19H28N2O2S.C8H10N2O2/c1-6-8-9-10-13-14(12-24-15(13)7-2)18(22)20-17-11-16(21-23-17)19(3,4)5;1-6(11)7-4-9-8-5-12-3-2-10(7)8/h11-12H,6-10H2,1-5H3,(H,20,22);4H,2-3,5H2,1H3. The van der Waals surface area contributed by atoms with Crippen LogP contribution in [0.1, 0.15) is 104 Å². The smallest absolute Gasteiger partial charge is 0.259 e. The van der Waals surface area contributed by atoms with E-state index in [9.17, 15) is 9.59 Å². The molecule has 4 rings (SSSR count). The highest BCUT2D eigenvalue weighted by molar-refractivity contribution is 7.10. The normalized spacial score (nSPS) is 13.1. The maximum atomic E-state index is 12.7. The first-order chi connectivity index (χ1) is 17.2. The van der Waals surface area contributed by atoms with E-state index in [0.717, 1.165) is 42.9 Å². The van der Waals surface area contributed by atoms with Crippen molar-refractivity contribution in [3.8, 4) is 0 Å². The summed E-state index contributed by atoms with van der Waals surface area (Å²) in [4.78, 5) is 29.1. The third-order valence-electron chi connectivity index (χ3n) is 6.08. The van der Waals surface area contributed by atoms with Gasteiger partial charge in [-0.15, -0.1) is 11.3 Å². The lowest BCUT2D eigenvalue weighted by Crippen LogP contribution is -2.19. The van der Waals surface area contributed by atoms with Crippen LogP contribution in [-0.4, -0.2) is 33.0 Å². The lowest BCUT2D eigenvalue weighted by atomic mass is 9.92. The minimum Gasteiger partial charge on any atom is -0.372 e. The van der Waals surface area contributed by atoms with E-state index in [1.807, 2.05) is 16.0 Å². The van der Waals surface area contributed by atoms with Crippen molar-refractivity contribution in [2.24, 2.45) is 0 Å². The summed E-state index contributed by atoms with van der Waals surface area (Å²) in [5, 5.41) is 8.88. The van der Waals surface area contributed by atoms with Gasteiger partial charge in [0, 0.05) is 35.2 Å². The third-order valence-corrected chi connectivity index (χ3v) is 7.25. The van der Waals surface area contributed by atoms with E-state index >= 15 is 0 Å². The van der Waals surface area contributed by atoms with Crippen molar-refractivity contribution in [1.29, 1.82) is 0 Å². The van der Waals surface area contributed by atoms with Gasteiger partial charge in [-0.25, -0.2) is 4.98 Å². The predicted molar refractivity (Wildman–Crippen MR) is 142 cm³/mol. The van der Waals surface area contributed by atoms with Crippen LogP contribution in [0.15, 0.2) is 22.2 Å². The molecule has 0 aromatic carbocycles. The Labute approximate surface area is 217 Å². The lowest BCUT2D eigenvalue weighted by molar-refractivity contribution is 0.0789. The quantitative estimate of drug-likeness (QED) is 0.284. The highest BCUT2D eigenvalue weighted by Gasteiger charge is 2.22. The number of hydrogen-bond acceptors (Lipinski definition) is 7. The number of Topliss-reactive ketones (excluding diaryl/α,β-unsaturated/α-hetero) is 1. The van der Waals surface area contributed by atoms with Gasteiger partial charge in [0.2, 0.25) is 5.88 Å². The van der Waals surface area contributed by atoms with Gasteiger partial charge >= 0.3 is 0 Å². The second-order valence-electron chi connectivity index (χ2n) is 9.96. The molecule has 0 radical (unpaired) electrons. The van der Waals surface area contributed by atoms with Crippen LogP contribution >= 0.6 is 11.3 Å². The molecule has 4 heterocycles. The number of carbonyl (C=O) groups excluding carboxylic acids is 2. The van der Waals surface area contributed by atoms with Crippen molar-refractivity contribution < 1.29 is 18.8 Å². The minimum absolute atomic E-state index is 0.0654. The number of nitrogens with zero attached hydrogens (tertiary/aromatic N) is 3. The number of ether oxygens (including phenoxy) is 1. The number of aryl methyl sites for hydroxylation is 1. The van der Waals surface area contributed by atoms with Crippen molar-refractivity contribution in [2.45, 2.75) is 92.2 Å². The Morgan fingerprint density at radius 1 is 1.22 bits per heavy atom. The van der Waals surface area contributed by atoms with E-state index in [2.05, 4.69) is 50.1 Å². The summed E-state index contributed by atoms with van der Waals surface area (Å²) < 4.78 is 12.4. The van der Waals surface area contributed by atoms with Crippen LogP contribution in [0.4, 0.5) is 5.88 Å². The summed E-state index contributed by atoms with van der Waals surface area (Å²) in [6, 6.07) is 1.81. The number of anilines is 1. The van der Waals surface area contributed by atoms with Gasteiger partial charge in [0.05, 0.1) is 24.1 Å². The predicted octanol–water partition coefficient (Wildman–Crippen LogP) is 6.20. The van der Waals surface area contributed by atoms with Crippen LogP contribution < -0.4 is 5.32 Å². The van der Waals surface area contributed by atoms with Gasteiger partial charge in [-0.2, -0.15) is 0 Å². The lowest BCUT2D eigenvalue weighted by Gasteiger charge is -2.15. The van der Waals surface area contributed by atoms with E-state index in [4.69, 9.17) is 9.26 Å². The summed E-state index contributed by atoms with van der Waals surface area (Å²) in [5.74, 6) is 1.23. The fourth-order valence-corrected chi connectivity index (χ4v) is 5.01. The maximum absolute atomic E-state index is 12.7. The van der Waals surface area contributed by atoms with Gasteiger partial charge in [0.1, 0.15) is 18.1 Å². The molecule has 1 aliphatic heterocycles. The molecule has 0 aliphatic carbocycles. The highest BCUT2D eigenvalue weighted by Crippen LogP contribution is 2.28. The van der Waals surface area contributed by atoms with E-state index in [1.165, 1.54) is 23.3 Å². The van der Waals surface area contributed by atoms with Gasteiger partial charge in [0.15, 0.2) is 5.78 Å². The van der Waals surface area contributed by atoms with Crippen LogP contribution in [0.2, 0.25) is 0 Å². The van der Waals surface area contributed by atoms with Crippen LogP contribution in [0.5, 0.6) is 0 Å². The molecular weight excluding hydrogens is 476 g/mol. The molecule has 196 valence electrons. The molecule has 36 heavy (non-hydrogen) atoms. The first-order valence-electron chi connectivity index (χ1n) is 12.7. The van der Waals surface area contributed by atoms with Crippen molar-refractivity contribution in [3.05, 3.63) is 50.9 Å². The number of amides is 1. The molecule has 0 saturated carbocycles. The molecule has 3 aromatic heterocycles. The van der Waals surface area contributed by atoms with Crippen LogP contribution in [0.25, 0.3) is 0 Å². The van der Waals surface area contributed by atoms with E-state index in [-0.39, 0.29) is 17.1 Å². The number of rotatable bonds is 8. The second kappa shape index (κ2) is 12.5. The Morgan fingerprint density at radius 2 is 2.00 bits per heavy atom. The molecule has 1 amide bonds. The summed E-state index contributed by atoms with van der Waals surface area (Å²) in [6.07, 6.45) is 7.05. The maximum Gasteiger partial charge on any atom is 0.259 e. The second-order valence-corrected chi connectivity index (χ2v) is 10.9. The number of nitrogens with one attached hydrogen (secondary N) is 1. The monoisotopic (exact) mass is 514 g/mol. The molecule has 0 fully saturated rings. The van der Waals surface area contributed by atoms with Gasteiger partial charge in [-0.1, -0.05) is 52.6 Å². The fourth-order valence-electron chi connectivity index (χ4n) is 3.98. The third kappa shape index (κ3) is 6.91. The highest BCUT2D eigenvalue weighted by atomic mass is 32.1. The number of hydrogen-bond donors (Lipinski definition) is 1. The summed E-state index contributed by atoms with van der Waals surface area (Å²) in [5.41, 5.74) is 3.40. The Bertz CT molecular complexity index is 1170. The van der Waals surface area contributed by atoms with E-state index < -0.39 is 0 Å². The molecule has 8 nitrogen and oxygen atoms in total. The van der Waals surface area contributed by atoms with Gasteiger partial charge in [0.25, 0.3) is 5.91 Å². The average Bonchev–Trinajstić information content (AvgIpc) is 3.57. The van der Waals surface area contributed by atoms with E-state index in [0.29, 0.717) is 24.8 Å². The van der Waals surface area contributed by atoms with Crippen LogP contribution in [-0.2, 0) is 36.1 Å². The molecule has 0 saturated heterocycles. The van der Waals surface area contributed by atoms with Crippen LogP contribution in [0, 0.1) is 0 Å².